The van der Waals surface area contributed by atoms with Gasteiger partial charge in [0.15, 0.2) is 5.16 Å². The lowest BCUT2D eigenvalue weighted by molar-refractivity contribution is -0.115. The smallest absolute Gasteiger partial charge is 0.237 e. The zero-order chi connectivity index (χ0) is 18.6. The van der Waals surface area contributed by atoms with Crippen molar-refractivity contribution in [3.63, 3.8) is 0 Å². The van der Waals surface area contributed by atoms with Crippen molar-refractivity contribution in [2.24, 2.45) is 0 Å². The average molecular weight is 367 g/mol. The van der Waals surface area contributed by atoms with E-state index in [-0.39, 0.29) is 0 Å². The van der Waals surface area contributed by atoms with Crippen LogP contribution in [-0.2, 0) is 11.3 Å². The van der Waals surface area contributed by atoms with Crippen molar-refractivity contribution in [1.82, 2.24) is 9.55 Å². The predicted molar refractivity (Wildman–Crippen MR) is 96.9 cm³/mol. The number of carbonyl (C=O) groups excluding carboxylic acids is 1. The highest BCUT2D eigenvalue weighted by Gasteiger charge is 2.21. The minimum atomic E-state index is -0.790. The van der Waals surface area contributed by atoms with Crippen LogP contribution in [0, 0.1) is 25.5 Å². The second-order valence-corrected chi connectivity index (χ2v) is 7.22. The van der Waals surface area contributed by atoms with E-state index in [1.165, 1.54) is 17.8 Å². The van der Waals surface area contributed by atoms with E-state index >= 15 is 0 Å². The number of benzene rings is 1. The molecule has 0 aliphatic rings. The van der Waals surface area contributed by atoms with Gasteiger partial charge >= 0.3 is 0 Å². The van der Waals surface area contributed by atoms with Crippen molar-refractivity contribution in [1.29, 1.82) is 0 Å². The van der Waals surface area contributed by atoms with Crippen LogP contribution in [0.2, 0.25) is 0 Å². The third kappa shape index (κ3) is 4.60. The van der Waals surface area contributed by atoms with Gasteiger partial charge in [0, 0.05) is 12.2 Å². The van der Waals surface area contributed by atoms with E-state index in [1.54, 1.807) is 6.92 Å². The number of nitrogens with one attached hydrogen (secondary N) is 1. The molecule has 136 valence electrons. The molecule has 1 unspecified atom stereocenters. The van der Waals surface area contributed by atoms with Gasteiger partial charge in [0.1, 0.15) is 17.3 Å². The third-order valence-electron chi connectivity index (χ3n) is 4.02. The molecule has 4 nitrogen and oxygen atoms in total. The first kappa shape index (κ1) is 19.4. The number of rotatable bonds is 7. The van der Waals surface area contributed by atoms with Crippen LogP contribution >= 0.6 is 11.8 Å². The van der Waals surface area contributed by atoms with Crippen molar-refractivity contribution >= 4 is 23.4 Å². The molecule has 1 atom stereocenters. The van der Waals surface area contributed by atoms with Gasteiger partial charge in [-0.25, -0.2) is 13.8 Å². The second kappa shape index (κ2) is 8.47. The molecule has 0 radical (unpaired) electrons. The molecule has 1 N–H and O–H groups in total. The van der Waals surface area contributed by atoms with E-state index in [1.807, 2.05) is 13.8 Å². The van der Waals surface area contributed by atoms with Crippen LogP contribution in [0.1, 0.15) is 38.1 Å². The summed E-state index contributed by atoms with van der Waals surface area (Å²) < 4.78 is 29.5. The van der Waals surface area contributed by atoms with Gasteiger partial charge < -0.3 is 9.88 Å². The lowest BCUT2D eigenvalue weighted by Gasteiger charge is -2.14. The molecule has 7 heteroatoms. The Balaban J connectivity index is 2.12. The number of halogens is 2. The summed E-state index contributed by atoms with van der Waals surface area (Å²) in [4.78, 5) is 16.9. The number of aromatic nitrogens is 2. The fourth-order valence-electron chi connectivity index (χ4n) is 2.35. The molecule has 2 aromatic rings. The summed E-state index contributed by atoms with van der Waals surface area (Å²) in [6.45, 7) is 8.58. The Kier molecular flexibility index (Phi) is 6.58. The normalized spacial score (nSPS) is 12.2. The Morgan fingerprint density at radius 3 is 2.56 bits per heavy atom. The third-order valence-corrected chi connectivity index (χ3v) is 5.11. The average Bonchev–Trinajstić information content (AvgIpc) is 2.83. The molecule has 1 heterocycles. The summed E-state index contributed by atoms with van der Waals surface area (Å²) in [6, 6.07) is 3.48. The van der Waals surface area contributed by atoms with Crippen LogP contribution < -0.4 is 5.32 Å². The van der Waals surface area contributed by atoms with Crippen LogP contribution in [0.25, 0.3) is 0 Å². The highest BCUT2D eigenvalue weighted by molar-refractivity contribution is 8.00. The quantitative estimate of drug-likeness (QED) is 0.722. The van der Waals surface area contributed by atoms with Crippen molar-refractivity contribution in [2.45, 2.75) is 57.5 Å². The van der Waals surface area contributed by atoms with Gasteiger partial charge in [-0.1, -0.05) is 31.2 Å². The first-order chi connectivity index (χ1) is 11.8. The number of aryl methyl sites for hydroxylation is 1. The number of nitrogens with zero attached hydrogens (tertiary/aromatic N) is 2. The number of hydrogen-bond acceptors (Lipinski definition) is 3. The molecule has 0 fully saturated rings. The molecule has 0 bridgehead atoms. The standard InChI is InChI=1S/C18H23F2N3OS/c1-5-6-10-23-12(3)11(2)21-18(23)25-13(4)17(24)22-16-14(19)8-7-9-15(16)20/h7-9,13H,5-6,10H2,1-4H3,(H,22,24). The second-order valence-electron chi connectivity index (χ2n) is 5.92. The first-order valence-electron chi connectivity index (χ1n) is 8.30. The summed E-state index contributed by atoms with van der Waals surface area (Å²) >= 11 is 1.29. The van der Waals surface area contributed by atoms with Gasteiger partial charge in [-0.05, 0) is 39.3 Å². The Hall–Kier alpha value is -1.89. The number of hydrogen-bond donors (Lipinski definition) is 1. The molecule has 0 saturated carbocycles. The molecule has 0 aliphatic carbocycles. The molecule has 2 rings (SSSR count). The van der Waals surface area contributed by atoms with Crippen molar-refractivity contribution in [3.8, 4) is 0 Å². The highest BCUT2D eigenvalue weighted by atomic mass is 32.2. The summed E-state index contributed by atoms with van der Waals surface area (Å²) in [5.41, 5.74) is 1.58. The minimum absolute atomic E-state index is 0.415. The van der Waals surface area contributed by atoms with Gasteiger partial charge in [0.05, 0.1) is 10.9 Å². The fraction of sp³-hybridized carbons (Fsp3) is 0.444. The molecular weight excluding hydrogens is 344 g/mol. The molecule has 1 aromatic heterocycles. The van der Waals surface area contributed by atoms with Gasteiger partial charge in [-0.2, -0.15) is 0 Å². The lowest BCUT2D eigenvalue weighted by Crippen LogP contribution is -2.24. The Morgan fingerprint density at radius 1 is 1.32 bits per heavy atom. The van der Waals surface area contributed by atoms with Crippen LogP contribution in [0.15, 0.2) is 23.4 Å². The zero-order valence-electron chi connectivity index (χ0n) is 14.9. The molecule has 1 aromatic carbocycles. The number of amides is 1. The van der Waals surface area contributed by atoms with E-state index < -0.39 is 28.5 Å². The van der Waals surface area contributed by atoms with Gasteiger partial charge in [-0.3, -0.25) is 4.79 Å². The van der Waals surface area contributed by atoms with Crippen molar-refractivity contribution in [2.75, 3.05) is 5.32 Å². The minimum Gasteiger partial charge on any atom is -0.323 e. The molecule has 0 aliphatic heterocycles. The van der Waals surface area contributed by atoms with Crippen molar-refractivity contribution < 1.29 is 13.6 Å². The van der Waals surface area contributed by atoms with Crippen molar-refractivity contribution in [3.05, 3.63) is 41.2 Å². The number of thioether (sulfide) groups is 1. The molecular formula is C18H23F2N3OS. The Bertz CT molecular complexity index is 741. The first-order valence-corrected chi connectivity index (χ1v) is 9.18. The number of para-hydroxylation sites is 1. The number of anilines is 1. The fourth-order valence-corrected chi connectivity index (χ4v) is 3.37. The lowest BCUT2D eigenvalue weighted by atomic mass is 10.3. The van der Waals surface area contributed by atoms with Gasteiger partial charge in [0.25, 0.3) is 0 Å². The highest BCUT2D eigenvalue weighted by Crippen LogP contribution is 2.27. The number of unbranched alkanes of at least 4 members (excludes halogenated alkanes) is 1. The van der Waals surface area contributed by atoms with Crippen LogP contribution in [0.4, 0.5) is 14.5 Å². The van der Waals surface area contributed by atoms with Gasteiger partial charge in [0.2, 0.25) is 5.91 Å². The van der Waals surface area contributed by atoms with E-state index in [0.717, 1.165) is 48.1 Å². The summed E-state index contributed by atoms with van der Waals surface area (Å²) in [5, 5.41) is 2.54. The summed E-state index contributed by atoms with van der Waals surface area (Å²) in [5.74, 6) is -2.04. The predicted octanol–water partition coefficient (Wildman–Crippen LogP) is 4.70. The van der Waals surface area contributed by atoms with E-state index in [4.69, 9.17) is 0 Å². The van der Waals surface area contributed by atoms with Gasteiger partial charge in [-0.15, -0.1) is 0 Å². The summed E-state index contributed by atoms with van der Waals surface area (Å²) in [7, 11) is 0. The van der Waals surface area contributed by atoms with E-state index in [2.05, 4.69) is 21.8 Å². The van der Waals surface area contributed by atoms with Crippen LogP contribution in [0.3, 0.4) is 0 Å². The van der Waals surface area contributed by atoms with E-state index in [0.29, 0.717) is 0 Å². The number of imidazole rings is 1. The maximum absolute atomic E-state index is 13.7. The van der Waals surface area contributed by atoms with Crippen LogP contribution in [0.5, 0.6) is 0 Å². The maximum Gasteiger partial charge on any atom is 0.237 e. The van der Waals surface area contributed by atoms with E-state index in [9.17, 15) is 13.6 Å². The number of carbonyl (C=O) groups is 1. The summed E-state index contributed by atoms with van der Waals surface area (Å²) in [6.07, 6.45) is 2.08. The Labute approximate surface area is 151 Å². The maximum atomic E-state index is 13.7. The molecule has 1 amide bonds. The van der Waals surface area contributed by atoms with Crippen LogP contribution in [-0.4, -0.2) is 20.7 Å². The molecule has 25 heavy (non-hydrogen) atoms. The largest absolute Gasteiger partial charge is 0.323 e. The SMILES string of the molecule is CCCCn1c(SC(C)C(=O)Nc2c(F)cccc2F)nc(C)c1C. The Morgan fingerprint density at radius 2 is 1.96 bits per heavy atom. The molecule has 0 saturated heterocycles. The molecule has 0 spiro atoms. The monoisotopic (exact) mass is 367 g/mol. The zero-order valence-corrected chi connectivity index (χ0v) is 15.7. The topological polar surface area (TPSA) is 46.9 Å².